The van der Waals surface area contributed by atoms with Crippen LogP contribution in [0.5, 0.6) is 0 Å². The minimum atomic E-state index is -0.254. The fourth-order valence-electron chi connectivity index (χ4n) is 3.13. The molecule has 1 aromatic rings. The molecule has 0 fully saturated rings. The molecule has 2 nitrogen and oxygen atoms in total. The van der Waals surface area contributed by atoms with Gasteiger partial charge in [0, 0.05) is 11.0 Å². The zero-order chi connectivity index (χ0) is 12.2. The van der Waals surface area contributed by atoms with Crippen molar-refractivity contribution < 1.29 is 4.79 Å². The highest BCUT2D eigenvalue weighted by atomic mass is 32.1. The average molecular weight is 255 g/mol. The Hall–Kier alpha value is -1.61. The van der Waals surface area contributed by atoms with Crippen molar-refractivity contribution in [3.8, 4) is 0 Å². The third-order valence-electron chi connectivity index (χ3n) is 4.07. The second-order valence-corrected chi connectivity index (χ2v) is 6.12. The second-order valence-electron chi connectivity index (χ2n) is 5.08. The normalized spacial score (nSPS) is 32.0. The van der Waals surface area contributed by atoms with Crippen LogP contribution in [0.4, 0.5) is 0 Å². The van der Waals surface area contributed by atoms with E-state index in [4.69, 9.17) is 0 Å². The first-order valence-corrected chi connectivity index (χ1v) is 7.10. The fraction of sp³-hybridized carbons (Fsp3) is 0.267. The lowest BCUT2D eigenvalue weighted by atomic mass is 9.73. The summed E-state index contributed by atoms with van der Waals surface area (Å²) in [6, 6.07) is 4.13. The minimum Gasteiger partial charge on any atom is -0.318 e. The number of rotatable bonds is 2. The topological polar surface area (TPSA) is 20.3 Å². The zero-order valence-electron chi connectivity index (χ0n) is 9.87. The van der Waals surface area contributed by atoms with E-state index in [0.717, 1.165) is 6.42 Å². The highest BCUT2D eigenvalue weighted by molar-refractivity contribution is 7.09. The summed E-state index contributed by atoms with van der Waals surface area (Å²) in [6.45, 7) is 0.704. The summed E-state index contributed by atoms with van der Waals surface area (Å²) in [5.74, 6) is 0.642. The molecule has 0 radical (unpaired) electrons. The third-order valence-corrected chi connectivity index (χ3v) is 4.93. The predicted molar refractivity (Wildman–Crippen MR) is 72.1 cm³/mol. The number of carbonyl (C=O) groups is 1. The Bertz CT molecular complexity index is 580. The predicted octanol–water partition coefficient (Wildman–Crippen LogP) is 2.90. The van der Waals surface area contributed by atoms with Gasteiger partial charge in [0.1, 0.15) is 5.54 Å². The van der Waals surface area contributed by atoms with Gasteiger partial charge in [-0.3, -0.25) is 4.79 Å². The minimum absolute atomic E-state index is 0.148. The van der Waals surface area contributed by atoms with Gasteiger partial charge in [0.25, 0.3) is 0 Å². The van der Waals surface area contributed by atoms with Crippen LogP contribution in [0, 0.1) is 5.92 Å². The van der Waals surface area contributed by atoms with Crippen LogP contribution in [0.25, 0.3) is 0 Å². The number of hydrogen-bond acceptors (Lipinski definition) is 2. The van der Waals surface area contributed by atoms with E-state index in [1.165, 1.54) is 10.5 Å². The van der Waals surface area contributed by atoms with Crippen molar-refractivity contribution in [3.05, 3.63) is 58.3 Å². The molecule has 3 heteroatoms. The van der Waals surface area contributed by atoms with Gasteiger partial charge in [-0.15, -0.1) is 11.3 Å². The van der Waals surface area contributed by atoms with Crippen LogP contribution < -0.4 is 0 Å². The van der Waals surface area contributed by atoms with Gasteiger partial charge in [0.15, 0.2) is 0 Å². The molecule has 0 saturated carbocycles. The van der Waals surface area contributed by atoms with E-state index in [1.54, 1.807) is 11.3 Å². The number of carbonyl (C=O) groups excluding carboxylic acids is 1. The van der Waals surface area contributed by atoms with E-state index in [2.05, 4.69) is 35.8 Å². The molecule has 0 aromatic carbocycles. The van der Waals surface area contributed by atoms with Crippen LogP contribution in [-0.4, -0.2) is 16.3 Å². The molecule has 5 rings (SSSR count). The SMILES string of the molecule is O=C1C=C2CC3C=CC2(C=C3)N1Cc1cccs1. The molecular formula is C15H13NOS. The maximum atomic E-state index is 12.2. The summed E-state index contributed by atoms with van der Waals surface area (Å²) < 4.78 is 0. The van der Waals surface area contributed by atoms with Gasteiger partial charge in [-0.1, -0.05) is 30.4 Å². The van der Waals surface area contributed by atoms with Gasteiger partial charge < -0.3 is 4.90 Å². The van der Waals surface area contributed by atoms with Crippen molar-refractivity contribution in [2.45, 2.75) is 18.5 Å². The van der Waals surface area contributed by atoms with Gasteiger partial charge in [0.2, 0.25) is 5.91 Å². The summed E-state index contributed by atoms with van der Waals surface area (Å²) in [7, 11) is 0. The second kappa shape index (κ2) is 3.45. The summed E-state index contributed by atoms with van der Waals surface area (Å²) in [4.78, 5) is 15.5. The quantitative estimate of drug-likeness (QED) is 0.744. The number of allylic oxidation sites excluding steroid dienone is 2. The molecule has 3 aliphatic carbocycles. The van der Waals surface area contributed by atoms with E-state index in [0.29, 0.717) is 12.5 Å². The van der Waals surface area contributed by atoms with Gasteiger partial charge >= 0.3 is 0 Å². The van der Waals surface area contributed by atoms with Gasteiger partial charge in [0.05, 0.1) is 6.54 Å². The van der Waals surface area contributed by atoms with Crippen LogP contribution in [0.3, 0.4) is 0 Å². The molecule has 2 heterocycles. The van der Waals surface area contributed by atoms with E-state index in [9.17, 15) is 4.79 Å². The van der Waals surface area contributed by atoms with Crippen LogP contribution >= 0.6 is 11.3 Å². The Morgan fingerprint density at radius 2 is 2.22 bits per heavy atom. The maximum absolute atomic E-state index is 12.2. The Balaban J connectivity index is 1.76. The Morgan fingerprint density at radius 3 is 2.94 bits per heavy atom. The van der Waals surface area contributed by atoms with Crippen LogP contribution in [-0.2, 0) is 11.3 Å². The lowest BCUT2D eigenvalue weighted by molar-refractivity contribution is -0.127. The molecule has 0 N–H and O–H groups in total. The zero-order valence-corrected chi connectivity index (χ0v) is 10.7. The summed E-state index contributed by atoms with van der Waals surface area (Å²) in [6.07, 6.45) is 11.7. The molecule has 1 amide bonds. The van der Waals surface area contributed by atoms with Crippen LogP contribution in [0.15, 0.2) is 53.5 Å². The van der Waals surface area contributed by atoms with Crippen molar-refractivity contribution in [2.75, 3.05) is 0 Å². The number of hydrogen-bond donors (Lipinski definition) is 0. The van der Waals surface area contributed by atoms with Gasteiger partial charge in [-0.05, 0) is 29.4 Å². The highest BCUT2D eigenvalue weighted by Gasteiger charge is 2.47. The van der Waals surface area contributed by atoms with Crippen molar-refractivity contribution >= 4 is 17.2 Å². The van der Waals surface area contributed by atoms with Crippen molar-refractivity contribution in [1.29, 1.82) is 0 Å². The Kier molecular flexibility index (Phi) is 1.98. The van der Waals surface area contributed by atoms with Crippen molar-refractivity contribution in [3.63, 3.8) is 0 Å². The molecule has 18 heavy (non-hydrogen) atoms. The number of thiophene rings is 1. The van der Waals surface area contributed by atoms with Gasteiger partial charge in [-0.25, -0.2) is 0 Å². The fourth-order valence-corrected chi connectivity index (χ4v) is 3.82. The summed E-state index contributed by atoms with van der Waals surface area (Å²) >= 11 is 1.71. The standard InChI is InChI=1S/C15H13NOS/c17-14-9-12-8-11-3-5-15(12,6-4-11)16(14)10-13-2-1-7-18-13/h1-7,9,11H,8,10H2. The molecule has 4 aliphatic rings. The first kappa shape index (κ1) is 10.3. The average Bonchev–Trinajstić information content (AvgIpc) is 2.98. The molecule has 0 saturated heterocycles. The number of amides is 1. The van der Waals surface area contributed by atoms with Crippen molar-refractivity contribution in [2.24, 2.45) is 5.92 Å². The Morgan fingerprint density at radius 1 is 1.39 bits per heavy atom. The van der Waals surface area contributed by atoms with Crippen LogP contribution in [0.1, 0.15) is 11.3 Å². The lowest BCUT2D eigenvalue weighted by Crippen LogP contribution is -2.47. The number of nitrogens with zero attached hydrogens (tertiary/aromatic N) is 1. The lowest BCUT2D eigenvalue weighted by Gasteiger charge is -2.42. The highest BCUT2D eigenvalue weighted by Crippen LogP contribution is 2.46. The molecule has 90 valence electrons. The van der Waals surface area contributed by atoms with Crippen molar-refractivity contribution in [1.82, 2.24) is 4.90 Å². The van der Waals surface area contributed by atoms with Crippen LogP contribution in [0.2, 0.25) is 0 Å². The third kappa shape index (κ3) is 1.25. The van der Waals surface area contributed by atoms with E-state index >= 15 is 0 Å². The Labute approximate surface area is 110 Å². The summed E-state index contributed by atoms with van der Waals surface area (Å²) in [5, 5.41) is 2.06. The molecule has 1 aliphatic heterocycles. The van der Waals surface area contributed by atoms with Gasteiger partial charge in [-0.2, -0.15) is 0 Å². The first-order chi connectivity index (χ1) is 8.78. The molecule has 2 bridgehead atoms. The molecule has 1 aromatic heterocycles. The molecular weight excluding hydrogens is 242 g/mol. The smallest absolute Gasteiger partial charge is 0.248 e. The monoisotopic (exact) mass is 255 g/mol. The summed E-state index contributed by atoms with van der Waals surface area (Å²) in [5.41, 5.74) is 1.01. The molecule has 1 spiro atoms. The molecule has 0 atom stereocenters. The first-order valence-electron chi connectivity index (χ1n) is 6.22. The molecule has 0 unspecified atom stereocenters. The van der Waals surface area contributed by atoms with E-state index < -0.39 is 0 Å². The van der Waals surface area contributed by atoms with E-state index in [-0.39, 0.29) is 11.4 Å². The largest absolute Gasteiger partial charge is 0.318 e. The van der Waals surface area contributed by atoms with E-state index in [1.807, 2.05) is 17.0 Å². The maximum Gasteiger partial charge on any atom is 0.248 e.